The minimum Gasteiger partial charge on any atom is -0.342 e. The highest BCUT2D eigenvalue weighted by atomic mass is 32.1. The number of carbonyl (C=O) groups excluding carboxylic acids is 2. The first-order chi connectivity index (χ1) is 14.7. The molecule has 2 aliphatic heterocycles. The lowest BCUT2D eigenvalue weighted by Crippen LogP contribution is -2.43. The Hall–Kier alpha value is -1.91. The van der Waals surface area contributed by atoms with Gasteiger partial charge in [-0.1, -0.05) is 12.8 Å². The predicted molar refractivity (Wildman–Crippen MR) is 119 cm³/mol. The van der Waals surface area contributed by atoms with Crippen molar-refractivity contribution in [2.45, 2.75) is 64.2 Å². The van der Waals surface area contributed by atoms with Crippen molar-refractivity contribution in [2.24, 2.45) is 5.92 Å². The van der Waals surface area contributed by atoms with Gasteiger partial charge in [-0.2, -0.15) is 5.26 Å². The van der Waals surface area contributed by atoms with Gasteiger partial charge in [0.05, 0.1) is 5.56 Å². The van der Waals surface area contributed by atoms with E-state index < -0.39 is 0 Å². The predicted octanol–water partition coefficient (Wildman–Crippen LogP) is 3.55. The molecule has 2 amide bonds. The van der Waals surface area contributed by atoms with Crippen LogP contribution in [0.5, 0.6) is 0 Å². The number of carbonyl (C=O) groups is 2. The molecule has 3 heterocycles. The smallest absolute Gasteiger partial charge is 0.226 e. The molecule has 30 heavy (non-hydrogen) atoms. The Bertz CT molecular complexity index is 812. The lowest BCUT2D eigenvalue weighted by atomic mass is 9.95. The van der Waals surface area contributed by atoms with Crippen LogP contribution >= 0.6 is 11.3 Å². The number of hydrogen-bond acceptors (Lipinski definition) is 5. The van der Waals surface area contributed by atoms with Crippen molar-refractivity contribution >= 4 is 28.2 Å². The van der Waals surface area contributed by atoms with E-state index in [0.29, 0.717) is 24.4 Å². The van der Waals surface area contributed by atoms with E-state index in [2.05, 4.69) is 21.2 Å². The van der Waals surface area contributed by atoms with E-state index in [9.17, 15) is 14.9 Å². The lowest BCUT2D eigenvalue weighted by Gasteiger charge is -2.33. The van der Waals surface area contributed by atoms with Crippen LogP contribution in [-0.2, 0) is 22.4 Å². The van der Waals surface area contributed by atoms with Crippen molar-refractivity contribution in [3.8, 4) is 6.07 Å². The zero-order valence-corrected chi connectivity index (χ0v) is 18.6. The zero-order valence-electron chi connectivity index (χ0n) is 17.8. The Kier molecular flexibility index (Phi) is 7.06. The summed E-state index contributed by atoms with van der Waals surface area (Å²) in [6.45, 7) is 4.33. The SMILES string of the molecule is N#Cc1c(NC(=O)CCN2CCC(C(=O)N3CCCCCC3)CC2)sc2c1CCC2. The number of rotatable bonds is 5. The van der Waals surface area contributed by atoms with Crippen LogP contribution in [0.1, 0.15) is 67.4 Å². The van der Waals surface area contributed by atoms with Gasteiger partial charge in [0.25, 0.3) is 0 Å². The molecule has 0 spiro atoms. The molecule has 2 fully saturated rings. The van der Waals surface area contributed by atoms with Crippen LogP contribution in [0.25, 0.3) is 0 Å². The lowest BCUT2D eigenvalue weighted by molar-refractivity contribution is -0.137. The maximum Gasteiger partial charge on any atom is 0.226 e. The first-order valence-corrected chi connectivity index (χ1v) is 12.3. The van der Waals surface area contributed by atoms with Gasteiger partial charge in [0.15, 0.2) is 0 Å². The third kappa shape index (κ3) is 4.87. The number of amides is 2. The Morgan fingerprint density at radius 1 is 1.03 bits per heavy atom. The Labute approximate surface area is 183 Å². The quantitative estimate of drug-likeness (QED) is 0.778. The zero-order chi connectivity index (χ0) is 20.9. The van der Waals surface area contributed by atoms with Gasteiger partial charge in [-0.3, -0.25) is 9.59 Å². The number of anilines is 1. The van der Waals surface area contributed by atoms with Crippen LogP contribution in [0.4, 0.5) is 5.00 Å². The van der Waals surface area contributed by atoms with Gasteiger partial charge in [0.2, 0.25) is 11.8 Å². The normalized spacial score (nSPS) is 20.4. The molecule has 1 aromatic heterocycles. The second-order valence-electron chi connectivity index (χ2n) is 8.83. The van der Waals surface area contributed by atoms with E-state index in [1.165, 1.54) is 17.7 Å². The van der Waals surface area contributed by atoms with Crippen LogP contribution < -0.4 is 5.32 Å². The van der Waals surface area contributed by atoms with Crippen LogP contribution in [0.2, 0.25) is 0 Å². The van der Waals surface area contributed by atoms with Crippen molar-refractivity contribution in [1.82, 2.24) is 9.80 Å². The maximum absolute atomic E-state index is 12.8. The Morgan fingerprint density at radius 3 is 2.47 bits per heavy atom. The van der Waals surface area contributed by atoms with E-state index in [0.717, 1.165) is 81.7 Å². The number of aryl methyl sites for hydroxylation is 1. The number of thiophene rings is 1. The van der Waals surface area contributed by atoms with Gasteiger partial charge in [-0.15, -0.1) is 11.3 Å². The summed E-state index contributed by atoms with van der Waals surface area (Å²) < 4.78 is 0. The number of fused-ring (bicyclic) bond motifs is 1. The third-order valence-corrected chi connectivity index (χ3v) is 8.00. The highest BCUT2D eigenvalue weighted by Crippen LogP contribution is 2.38. The molecule has 2 saturated heterocycles. The molecule has 162 valence electrons. The highest BCUT2D eigenvalue weighted by Gasteiger charge is 2.29. The summed E-state index contributed by atoms with van der Waals surface area (Å²) in [6.07, 6.45) is 10.1. The van der Waals surface area contributed by atoms with Crippen molar-refractivity contribution < 1.29 is 9.59 Å². The van der Waals surface area contributed by atoms with Crippen LogP contribution in [-0.4, -0.2) is 54.3 Å². The molecule has 0 aromatic carbocycles. The van der Waals surface area contributed by atoms with E-state index in [4.69, 9.17) is 0 Å². The van der Waals surface area contributed by atoms with Crippen LogP contribution in [0.3, 0.4) is 0 Å². The van der Waals surface area contributed by atoms with Gasteiger partial charge >= 0.3 is 0 Å². The van der Waals surface area contributed by atoms with Gasteiger partial charge in [0, 0.05) is 36.9 Å². The summed E-state index contributed by atoms with van der Waals surface area (Å²) in [5, 5.41) is 13.2. The minimum absolute atomic E-state index is 0.0193. The molecular weight excluding hydrogens is 396 g/mol. The molecule has 0 bridgehead atoms. The molecule has 3 aliphatic rings. The average Bonchev–Trinajstić information content (AvgIpc) is 3.21. The molecule has 6 nitrogen and oxygen atoms in total. The van der Waals surface area contributed by atoms with Crippen molar-refractivity contribution in [2.75, 3.05) is 38.0 Å². The van der Waals surface area contributed by atoms with Crippen LogP contribution in [0.15, 0.2) is 0 Å². The molecular formula is C23H32N4O2S. The number of nitriles is 1. The summed E-state index contributed by atoms with van der Waals surface area (Å²) >= 11 is 1.57. The second kappa shape index (κ2) is 9.93. The number of nitrogens with zero attached hydrogens (tertiary/aromatic N) is 3. The van der Waals surface area contributed by atoms with Gasteiger partial charge < -0.3 is 15.1 Å². The maximum atomic E-state index is 12.8. The highest BCUT2D eigenvalue weighted by molar-refractivity contribution is 7.16. The molecule has 7 heteroatoms. The van der Waals surface area contributed by atoms with Crippen molar-refractivity contribution in [3.63, 3.8) is 0 Å². The molecule has 0 unspecified atom stereocenters. The van der Waals surface area contributed by atoms with Gasteiger partial charge in [0.1, 0.15) is 11.1 Å². The molecule has 4 rings (SSSR count). The van der Waals surface area contributed by atoms with E-state index in [-0.39, 0.29) is 11.8 Å². The van der Waals surface area contributed by atoms with Gasteiger partial charge in [-0.05, 0) is 63.6 Å². The number of piperidine rings is 1. The van der Waals surface area contributed by atoms with E-state index >= 15 is 0 Å². The summed E-state index contributed by atoms with van der Waals surface area (Å²) in [5.41, 5.74) is 1.82. The Balaban J connectivity index is 1.21. The standard InChI is InChI=1S/C23H32N4O2S/c24-16-19-18-6-5-7-20(18)30-22(19)25-21(28)10-15-26-13-8-17(9-14-26)23(29)27-11-3-1-2-4-12-27/h17H,1-15H2,(H,25,28). The molecule has 0 radical (unpaired) electrons. The van der Waals surface area contributed by atoms with Crippen molar-refractivity contribution in [3.05, 3.63) is 16.0 Å². The third-order valence-electron chi connectivity index (χ3n) is 6.80. The number of likely N-dealkylation sites (tertiary alicyclic amines) is 2. The fourth-order valence-electron chi connectivity index (χ4n) is 5.01. The summed E-state index contributed by atoms with van der Waals surface area (Å²) in [5.74, 6) is 0.484. The molecule has 1 N–H and O–H groups in total. The molecule has 1 aromatic rings. The monoisotopic (exact) mass is 428 g/mol. The second-order valence-corrected chi connectivity index (χ2v) is 9.93. The minimum atomic E-state index is -0.0193. The first-order valence-electron chi connectivity index (χ1n) is 11.5. The molecule has 0 saturated carbocycles. The first kappa shape index (κ1) is 21.3. The molecule has 0 atom stereocenters. The fraction of sp³-hybridized carbons (Fsp3) is 0.696. The summed E-state index contributed by atoms with van der Waals surface area (Å²) in [4.78, 5) is 30.9. The van der Waals surface area contributed by atoms with E-state index in [1.54, 1.807) is 11.3 Å². The summed E-state index contributed by atoms with van der Waals surface area (Å²) in [7, 11) is 0. The molecule has 1 aliphatic carbocycles. The number of nitrogens with one attached hydrogen (secondary N) is 1. The summed E-state index contributed by atoms with van der Waals surface area (Å²) in [6, 6.07) is 2.28. The van der Waals surface area contributed by atoms with E-state index in [1.807, 2.05) is 0 Å². The number of hydrogen-bond donors (Lipinski definition) is 1. The van der Waals surface area contributed by atoms with Gasteiger partial charge in [-0.25, -0.2) is 0 Å². The van der Waals surface area contributed by atoms with Crippen molar-refractivity contribution in [1.29, 1.82) is 5.26 Å². The largest absolute Gasteiger partial charge is 0.342 e. The Morgan fingerprint density at radius 2 is 1.77 bits per heavy atom. The topological polar surface area (TPSA) is 76.4 Å². The van der Waals surface area contributed by atoms with Crippen LogP contribution in [0, 0.1) is 17.2 Å². The average molecular weight is 429 g/mol. The fourth-order valence-corrected chi connectivity index (χ4v) is 6.27.